The number of β-amino-alcohol motifs (C(OH)–C–C–N with tert-alkyl or cyclic N) is 1. The number of amides is 1. The molecule has 1 atom stereocenters. The molecule has 2 N–H and O–H groups in total. The summed E-state index contributed by atoms with van der Waals surface area (Å²) in [6.07, 6.45) is 2.50. The van der Waals surface area contributed by atoms with Gasteiger partial charge in [0.25, 0.3) is 11.6 Å². The lowest BCUT2D eigenvalue weighted by atomic mass is 10.1. The number of benzene rings is 1. The van der Waals surface area contributed by atoms with E-state index in [4.69, 9.17) is 0 Å². The van der Waals surface area contributed by atoms with E-state index in [1.54, 1.807) is 24.0 Å². The molecule has 0 spiro atoms. The molecular formula is C15H19N3O4. The third-order valence-electron chi connectivity index (χ3n) is 4.14. The summed E-state index contributed by atoms with van der Waals surface area (Å²) in [6.45, 7) is 2.62. The number of aliphatic hydroxyl groups is 1. The van der Waals surface area contributed by atoms with Gasteiger partial charge in [0, 0.05) is 30.8 Å². The zero-order chi connectivity index (χ0) is 15.9. The Morgan fingerprint density at radius 1 is 1.50 bits per heavy atom. The number of nitrogens with one attached hydrogen (secondary N) is 1. The van der Waals surface area contributed by atoms with Crippen LogP contribution in [0.25, 0.3) is 0 Å². The topological polar surface area (TPSA) is 95.7 Å². The molecule has 1 aliphatic heterocycles. The average molecular weight is 305 g/mol. The van der Waals surface area contributed by atoms with E-state index in [1.807, 2.05) is 0 Å². The van der Waals surface area contributed by atoms with Crippen molar-refractivity contribution in [2.24, 2.45) is 0 Å². The highest BCUT2D eigenvalue weighted by Gasteiger charge is 2.34. The Kier molecular flexibility index (Phi) is 3.52. The fourth-order valence-corrected chi connectivity index (χ4v) is 2.73. The molecule has 1 amide bonds. The van der Waals surface area contributed by atoms with E-state index < -0.39 is 10.5 Å². The minimum absolute atomic E-state index is 0.0962. The van der Waals surface area contributed by atoms with Crippen molar-refractivity contribution in [3.63, 3.8) is 0 Å². The van der Waals surface area contributed by atoms with Crippen LogP contribution in [0.2, 0.25) is 0 Å². The van der Waals surface area contributed by atoms with Crippen LogP contribution in [0.4, 0.5) is 11.4 Å². The molecule has 1 aliphatic carbocycles. The van der Waals surface area contributed by atoms with E-state index in [-0.39, 0.29) is 17.6 Å². The van der Waals surface area contributed by atoms with Gasteiger partial charge in [-0.3, -0.25) is 14.9 Å². The first-order chi connectivity index (χ1) is 10.4. The van der Waals surface area contributed by atoms with Gasteiger partial charge >= 0.3 is 0 Å². The monoisotopic (exact) mass is 305 g/mol. The molecule has 118 valence electrons. The molecule has 1 saturated carbocycles. The van der Waals surface area contributed by atoms with Gasteiger partial charge in [-0.05, 0) is 38.3 Å². The van der Waals surface area contributed by atoms with E-state index in [1.165, 1.54) is 6.07 Å². The van der Waals surface area contributed by atoms with E-state index >= 15 is 0 Å². The van der Waals surface area contributed by atoms with Gasteiger partial charge in [-0.25, -0.2) is 0 Å². The quantitative estimate of drug-likeness (QED) is 0.648. The number of nitro groups is 1. The summed E-state index contributed by atoms with van der Waals surface area (Å²) >= 11 is 0. The van der Waals surface area contributed by atoms with Gasteiger partial charge in [0.1, 0.15) is 5.69 Å². The Bertz CT molecular complexity index is 625. The van der Waals surface area contributed by atoms with Crippen LogP contribution in [0, 0.1) is 10.1 Å². The van der Waals surface area contributed by atoms with E-state index in [0.717, 1.165) is 12.8 Å². The highest BCUT2D eigenvalue weighted by atomic mass is 16.6. The SMILES string of the molecule is CC1(O)CCN(c2ccc(C(=O)NC3CC3)cc2[N+](=O)[O-])C1. The molecule has 1 unspecified atom stereocenters. The number of rotatable bonds is 4. The van der Waals surface area contributed by atoms with Crippen molar-refractivity contribution in [2.45, 2.75) is 37.8 Å². The standard InChI is InChI=1S/C15H19N3O4/c1-15(20)6-7-17(9-15)12-5-2-10(8-13(12)18(21)22)14(19)16-11-3-4-11/h2,5,8,11,20H,3-4,6-7,9H2,1H3,(H,16,19). The van der Waals surface area contributed by atoms with Crippen molar-refractivity contribution in [1.82, 2.24) is 5.32 Å². The average Bonchev–Trinajstić information content (AvgIpc) is 3.19. The third-order valence-corrected chi connectivity index (χ3v) is 4.14. The van der Waals surface area contributed by atoms with Crippen LogP contribution in [0.15, 0.2) is 18.2 Å². The Labute approximate surface area is 128 Å². The Morgan fingerprint density at radius 2 is 2.23 bits per heavy atom. The third kappa shape index (κ3) is 3.04. The lowest BCUT2D eigenvalue weighted by Crippen LogP contribution is -2.30. The molecule has 0 bridgehead atoms. The summed E-state index contributed by atoms with van der Waals surface area (Å²) < 4.78 is 0. The van der Waals surface area contributed by atoms with Crippen molar-refractivity contribution in [3.8, 4) is 0 Å². The Hall–Kier alpha value is -2.15. The van der Waals surface area contributed by atoms with Crippen LogP contribution in [0.5, 0.6) is 0 Å². The van der Waals surface area contributed by atoms with Gasteiger partial charge in [-0.15, -0.1) is 0 Å². The number of carbonyl (C=O) groups is 1. The predicted molar refractivity (Wildman–Crippen MR) is 81.0 cm³/mol. The molecule has 2 fully saturated rings. The van der Waals surface area contributed by atoms with Gasteiger partial charge in [-0.1, -0.05) is 0 Å². The zero-order valence-corrected chi connectivity index (χ0v) is 12.4. The molecule has 1 aromatic carbocycles. The lowest BCUT2D eigenvalue weighted by molar-refractivity contribution is -0.384. The van der Waals surface area contributed by atoms with E-state index in [2.05, 4.69) is 5.32 Å². The molecule has 1 aromatic rings. The van der Waals surface area contributed by atoms with Crippen molar-refractivity contribution >= 4 is 17.3 Å². The number of nitrogens with zero attached hydrogens (tertiary/aromatic N) is 2. The van der Waals surface area contributed by atoms with Crippen molar-refractivity contribution in [3.05, 3.63) is 33.9 Å². The van der Waals surface area contributed by atoms with Gasteiger partial charge < -0.3 is 15.3 Å². The number of nitro benzene ring substituents is 1. The molecule has 0 aromatic heterocycles. The second-order valence-electron chi connectivity index (χ2n) is 6.38. The van der Waals surface area contributed by atoms with Crippen LogP contribution in [0.3, 0.4) is 0 Å². The molecule has 2 aliphatic rings. The predicted octanol–water partition coefficient (Wildman–Crippen LogP) is 1.45. The second-order valence-corrected chi connectivity index (χ2v) is 6.38. The molecule has 22 heavy (non-hydrogen) atoms. The van der Waals surface area contributed by atoms with Crippen molar-refractivity contribution in [2.75, 3.05) is 18.0 Å². The number of hydrogen-bond donors (Lipinski definition) is 2. The molecule has 3 rings (SSSR count). The van der Waals surface area contributed by atoms with Gasteiger partial charge in [0.2, 0.25) is 0 Å². The van der Waals surface area contributed by atoms with Crippen molar-refractivity contribution in [1.29, 1.82) is 0 Å². The summed E-state index contributed by atoms with van der Waals surface area (Å²) in [5.41, 5.74) is -0.184. The number of anilines is 1. The summed E-state index contributed by atoms with van der Waals surface area (Å²) in [7, 11) is 0. The van der Waals surface area contributed by atoms with Crippen molar-refractivity contribution < 1.29 is 14.8 Å². The van der Waals surface area contributed by atoms with Crippen LogP contribution < -0.4 is 10.2 Å². The van der Waals surface area contributed by atoms with Gasteiger partial charge in [0.05, 0.1) is 10.5 Å². The van der Waals surface area contributed by atoms with Crippen LogP contribution >= 0.6 is 0 Å². The minimum atomic E-state index is -0.837. The highest BCUT2D eigenvalue weighted by Crippen LogP contribution is 2.34. The summed E-state index contributed by atoms with van der Waals surface area (Å²) in [4.78, 5) is 24.7. The van der Waals surface area contributed by atoms with Crippen LogP contribution in [0.1, 0.15) is 36.5 Å². The highest BCUT2D eigenvalue weighted by molar-refractivity contribution is 5.96. The number of hydrogen-bond acceptors (Lipinski definition) is 5. The van der Waals surface area contributed by atoms with Gasteiger partial charge in [0.15, 0.2) is 0 Å². The van der Waals surface area contributed by atoms with Gasteiger partial charge in [-0.2, -0.15) is 0 Å². The smallest absolute Gasteiger partial charge is 0.293 e. The molecule has 7 nitrogen and oxygen atoms in total. The largest absolute Gasteiger partial charge is 0.388 e. The normalized spacial score (nSPS) is 24.4. The number of carbonyl (C=O) groups excluding carboxylic acids is 1. The first-order valence-corrected chi connectivity index (χ1v) is 7.42. The van der Waals surface area contributed by atoms with E-state index in [9.17, 15) is 20.0 Å². The van der Waals surface area contributed by atoms with Crippen LogP contribution in [-0.2, 0) is 0 Å². The maximum absolute atomic E-state index is 12.0. The Morgan fingerprint density at radius 3 is 2.77 bits per heavy atom. The first-order valence-electron chi connectivity index (χ1n) is 7.42. The summed E-state index contributed by atoms with van der Waals surface area (Å²) in [5, 5.41) is 24.2. The fraction of sp³-hybridized carbons (Fsp3) is 0.533. The van der Waals surface area contributed by atoms with E-state index in [0.29, 0.717) is 30.8 Å². The second kappa shape index (κ2) is 5.24. The lowest BCUT2D eigenvalue weighted by Gasteiger charge is -2.21. The zero-order valence-electron chi connectivity index (χ0n) is 12.4. The molecule has 1 saturated heterocycles. The minimum Gasteiger partial charge on any atom is -0.388 e. The van der Waals surface area contributed by atoms with Crippen LogP contribution in [-0.4, -0.2) is 40.7 Å². The Balaban J connectivity index is 1.87. The maximum Gasteiger partial charge on any atom is 0.293 e. The fourth-order valence-electron chi connectivity index (χ4n) is 2.73. The summed E-state index contributed by atoms with van der Waals surface area (Å²) in [6, 6.07) is 4.73. The molecule has 7 heteroatoms. The molecular weight excluding hydrogens is 286 g/mol. The maximum atomic E-state index is 12.0. The molecule has 1 heterocycles. The first kappa shape index (κ1) is 14.8. The summed E-state index contributed by atoms with van der Waals surface area (Å²) in [5.74, 6) is -0.273. The molecule has 0 radical (unpaired) electrons.